The van der Waals surface area contributed by atoms with Gasteiger partial charge in [0.2, 0.25) is 0 Å². The van der Waals surface area contributed by atoms with Crippen molar-refractivity contribution in [2.24, 2.45) is 0 Å². The first-order valence-electron chi connectivity index (χ1n) is 19.7. The molecule has 4 amide bonds. The van der Waals surface area contributed by atoms with Crippen LogP contribution in [0.3, 0.4) is 0 Å². The third-order valence-corrected chi connectivity index (χ3v) is 10.9. The third-order valence-electron chi connectivity index (χ3n) is 10.9. The highest BCUT2D eigenvalue weighted by Gasteiger charge is 2.27. The summed E-state index contributed by atoms with van der Waals surface area (Å²) in [4.78, 5) is 52.0. The molecule has 3 heterocycles. The van der Waals surface area contributed by atoms with Gasteiger partial charge in [0.15, 0.2) is 0 Å². The molecular weight excluding hydrogens is 697 g/mol. The highest BCUT2D eigenvalue weighted by atomic mass is 16.2. The molecule has 0 bridgehead atoms. The second-order valence-corrected chi connectivity index (χ2v) is 15.4. The zero-order valence-corrected chi connectivity index (χ0v) is 31.8. The molecule has 8 rings (SSSR count). The Morgan fingerprint density at radius 1 is 0.582 bits per heavy atom. The summed E-state index contributed by atoms with van der Waals surface area (Å²) in [5.74, 6) is 0.165. The standard InChI is InChI=1S/C21H27N5O2.C20H25N5O2/c1-13-7-8-14(20(27)24-16-9-10-16)11-18(13)26-19(22)17(12-23-26)21(28)25-15-5-3-2-4-6-15;1-13-5-6-14(19(26)23-15-7-8-15)11-17(13)25-18(21)16(12-22-25)20(27)24-9-3-2-4-10-24/h7-8,11-12,15-16H,2-6,9-10,22H2,1H3,(H,24,27)(H,25,28);5-6,11-12,15H,2-4,7-10,21H2,1H3,(H,23,26). The summed E-state index contributed by atoms with van der Waals surface area (Å²) < 4.78 is 3.10. The number of benzene rings is 2. The molecule has 0 atom stereocenters. The van der Waals surface area contributed by atoms with E-state index >= 15 is 0 Å². The largest absolute Gasteiger partial charge is 0.383 e. The Labute approximate surface area is 321 Å². The number of aromatic nitrogens is 4. The van der Waals surface area contributed by atoms with E-state index in [1.54, 1.807) is 33.6 Å². The molecule has 14 nitrogen and oxygen atoms in total. The number of hydrogen-bond donors (Lipinski definition) is 5. The Morgan fingerprint density at radius 3 is 1.53 bits per heavy atom. The fraction of sp³-hybridized carbons (Fsp3) is 0.463. The van der Waals surface area contributed by atoms with Gasteiger partial charge in [-0.2, -0.15) is 10.2 Å². The summed E-state index contributed by atoms with van der Waals surface area (Å²) >= 11 is 0. The maximum Gasteiger partial charge on any atom is 0.259 e. The van der Waals surface area contributed by atoms with E-state index in [4.69, 9.17) is 11.5 Å². The summed E-state index contributed by atoms with van der Waals surface area (Å²) in [6.45, 7) is 5.39. The summed E-state index contributed by atoms with van der Waals surface area (Å²) in [5.41, 5.74) is 17.8. The minimum absolute atomic E-state index is 0.0706. The molecule has 3 saturated carbocycles. The molecule has 2 aromatic carbocycles. The summed E-state index contributed by atoms with van der Waals surface area (Å²) in [6.07, 6.45) is 15.9. The lowest BCUT2D eigenvalue weighted by Gasteiger charge is -2.26. The van der Waals surface area contributed by atoms with Crippen LogP contribution in [0.1, 0.15) is 130 Å². The van der Waals surface area contributed by atoms with Crippen LogP contribution in [0.15, 0.2) is 48.8 Å². The van der Waals surface area contributed by atoms with Gasteiger partial charge in [-0.3, -0.25) is 19.2 Å². The Morgan fingerprint density at radius 2 is 1.02 bits per heavy atom. The molecule has 55 heavy (non-hydrogen) atoms. The molecule has 0 radical (unpaired) electrons. The van der Waals surface area contributed by atoms with E-state index < -0.39 is 0 Å². The first-order chi connectivity index (χ1) is 26.6. The first kappa shape index (κ1) is 37.6. The van der Waals surface area contributed by atoms with Crippen molar-refractivity contribution in [3.63, 3.8) is 0 Å². The lowest BCUT2D eigenvalue weighted by molar-refractivity contribution is 0.0724. The monoisotopic (exact) mass is 748 g/mol. The summed E-state index contributed by atoms with van der Waals surface area (Å²) in [5, 5.41) is 17.7. The number of nitrogens with zero attached hydrogens (tertiary/aromatic N) is 5. The quantitative estimate of drug-likeness (QED) is 0.158. The molecule has 1 aliphatic heterocycles. The number of carbonyl (C=O) groups is 4. The van der Waals surface area contributed by atoms with Gasteiger partial charge in [-0.05, 0) is 107 Å². The van der Waals surface area contributed by atoms with Gasteiger partial charge in [0.05, 0.1) is 23.8 Å². The number of nitrogens with one attached hydrogen (secondary N) is 3. The molecule has 0 unspecified atom stereocenters. The SMILES string of the molecule is Cc1ccc(C(=O)NC2CC2)cc1-n1ncc(C(=O)N2CCCCC2)c1N.Cc1ccc(C(=O)NC2CC2)cc1-n1ncc(C(=O)NC2CCCCC2)c1N. The van der Waals surface area contributed by atoms with Crippen molar-refractivity contribution in [2.45, 2.75) is 109 Å². The van der Waals surface area contributed by atoms with E-state index in [-0.39, 0.29) is 35.5 Å². The Bertz CT molecular complexity index is 2070. The predicted octanol–water partition coefficient (Wildman–Crippen LogP) is 5.00. The smallest absolute Gasteiger partial charge is 0.259 e. The van der Waals surface area contributed by atoms with E-state index in [2.05, 4.69) is 26.1 Å². The lowest BCUT2D eigenvalue weighted by atomic mass is 9.95. The van der Waals surface area contributed by atoms with E-state index in [9.17, 15) is 19.2 Å². The second-order valence-electron chi connectivity index (χ2n) is 15.4. The van der Waals surface area contributed by atoms with Crippen LogP contribution in [-0.4, -0.2) is 79.3 Å². The van der Waals surface area contributed by atoms with E-state index in [1.165, 1.54) is 18.8 Å². The highest BCUT2D eigenvalue weighted by molar-refractivity contribution is 6.00. The molecule has 1 saturated heterocycles. The van der Waals surface area contributed by atoms with Crippen LogP contribution >= 0.6 is 0 Å². The molecule has 7 N–H and O–H groups in total. The van der Waals surface area contributed by atoms with Crippen molar-refractivity contribution in [1.29, 1.82) is 0 Å². The molecule has 4 fully saturated rings. The number of hydrogen-bond acceptors (Lipinski definition) is 8. The number of nitrogen functional groups attached to an aromatic ring is 2. The Kier molecular flexibility index (Phi) is 11.2. The number of anilines is 2. The van der Waals surface area contributed by atoms with Gasteiger partial charge in [0.25, 0.3) is 23.6 Å². The van der Waals surface area contributed by atoms with Gasteiger partial charge >= 0.3 is 0 Å². The van der Waals surface area contributed by atoms with Gasteiger partial charge in [0, 0.05) is 42.3 Å². The minimum atomic E-state index is -0.184. The van der Waals surface area contributed by atoms with Crippen LogP contribution in [0.4, 0.5) is 11.6 Å². The van der Waals surface area contributed by atoms with Crippen molar-refractivity contribution in [3.8, 4) is 11.4 Å². The van der Waals surface area contributed by atoms with E-state index in [0.29, 0.717) is 51.5 Å². The molecule has 4 aliphatic rings. The second kappa shape index (κ2) is 16.4. The normalized spacial score (nSPS) is 17.2. The number of likely N-dealkylation sites (tertiary alicyclic amines) is 1. The average molecular weight is 749 g/mol. The number of nitrogens with two attached hydrogens (primary N) is 2. The Hall–Kier alpha value is -5.66. The number of piperidine rings is 1. The molecule has 2 aromatic heterocycles. The fourth-order valence-corrected chi connectivity index (χ4v) is 7.17. The molecule has 14 heteroatoms. The summed E-state index contributed by atoms with van der Waals surface area (Å²) in [7, 11) is 0. The number of rotatable bonds is 9. The first-order valence-corrected chi connectivity index (χ1v) is 19.7. The van der Waals surface area contributed by atoms with Crippen molar-refractivity contribution in [2.75, 3.05) is 24.6 Å². The molecular formula is C41H52N10O4. The van der Waals surface area contributed by atoms with E-state index in [1.807, 2.05) is 30.9 Å². The van der Waals surface area contributed by atoms with Crippen LogP contribution in [0, 0.1) is 13.8 Å². The van der Waals surface area contributed by atoms with Crippen LogP contribution in [0.2, 0.25) is 0 Å². The summed E-state index contributed by atoms with van der Waals surface area (Å²) in [6, 6.07) is 11.7. The van der Waals surface area contributed by atoms with Crippen molar-refractivity contribution in [3.05, 3.63) is 82.2 Å². The minimum Gasteiger partial charge on any atom is -0.383 e. The predicted molar refractivity (Wildman–Crippen MR) is 210 cm³/mol. The van der Waals surface area contributed by atoms with E-state index in [0.717, 1.165) is 94.8 Å². The van der Waals surface area contributed by atoms with Crippen LogP contribution in [-0.2, 0) is 0 Å². The van der Waals surface area contributed by atoms with Crippen LogP contribution in [0.5, 0.6) is 0 Å². The third kappa shape index (κ3) is 8.84. The molecule has 0 spiro atoms. The van der Waals surface area contributed by atoms with Crippen LogP contribution in [0.25, 0.3) is 11.4 Å². The molecule has 4 aromatic rings. The number of aryl methyl sites for hydroxylation is 2. The lowest BCUT2D eigenvalue weighted by Crippen LogP contribution is -2.36. The van der Waals surface area contributed by atoms with Gasteiger partial charge in [0.1, 0.15) is 22.8 Å². The maximum atomic E-state index is 12.8. The topological polar surface area (TPSA) is 195 Å². The van der Waals surface area contributed by atoms with Crippen molar-refractivity contribution >= 4 is 35.3 Å². The molecule has 290 valence electrons. The van der Waals surface area contributed by atoms with Gasteiger partial charge < -0.3 is 32.3 Å². The fourth-order valence-electron chi connectivity index (χ4n) is 7.17. The van der Waals surface area contributed by atoms with Crippen molar-refractivity contribution in [1.82, 2.24) is 40.4 Å². The maximum absolute atomic E-state index is 12.8. The Balaban J connectivity index is 0.000000169. The van der Waals surface area contributed by atoms with Gasteiger partial charge in [-0.1, -0.05) is 31.4 Å². The molecule has 3 aliphatic carbocycles. The zero-order chi connectivity index (χ0) is 38.6. The van der Waals surface area contributed by atoms with Crippen molar-refractivity contribution < 1.29 is 19.2 Å². The van der Waals surface area contributed by atoms with Gasteiger partial charge in [-0.15, -0.1) is 0 Å². The average Bonchev–Trinajstić information content (AvgIpc) is 4.12. The van der Waals surface area contributed by atoms with Crippen LogP contribution < -0.4 is 27.4 Å². The van der Waals surface area contributed by atoms with Gasteiger partial charge in [-0.25, -0.2) is 9.36 Å². The number of carbonyl (C=O) groups excluding carboxylic acids is 4. The number of amides is 4. The highest BCUT2D eigenvalue weighted by Crippen LogP contribution is 2.27. The zero-order valence-electron chi connectivity index (χ0n) is 31.8.